The second kappa shape index (κ2) is 50.3. The SMILES string of the molecule is CCCCCCCCCCCCCCCC(=O)OC[C@H](COP(=O)(O)OCCNC(=O)CCCCCCCCO[C@H]1O[C@H](CO[C@H]2O[C@H](CO)[C@@H](O)[C@H](O)[C@@H]2O)[C@@H](O)[C@H](O[C@H]2O[C@H](CO)[C@@H](O)[C@H](O)[C@@H]2O)[C@@H]1O)OC(=O)CCCCCCCCCCCCCCC. The van der Waals surface area contributed by atoms with Gasteiger partial charge in [-0.05, 0) is 25.7 Å². The molecule has 3 heterocycles. The maximum absolute atomic E-state index is 12.9. The average Bonchev–Trinajstić information content (AvgIpc) is 0.836. The summed E-state index contributed by atoms with van der Waals surface area (Å²) >= 11 is 0. The van der Waals surface area contributed by atoms with E-state index in [1.807, 2.05) is 0 Å². The van der Waals surface area contributed by atoms with Gasteiger partial charge in [-0.1, -0.05) is 194 Å². The van der Waals surface area contributed by atoms with Crippen molar-refractivity contribution in [1.82, 2.24) is 5.32 Å². The van der Waals surface area contributed by atoms with Gasteiger partial charge in [-0.25, -0.2) is 4.57 Å². The minimum absolute atomic E-state index is 0.0315. The smallest absolute Gasteiger partial charge is 0.462 e. The number of hydrogen-bond acceptors (Lipinski definition) is 24. The molecule has 3 saturated heterocycles. The van der Waals surface area contributed by atoms with E-state index in [9.17, 15) is 74.9 Å². The summed E-state index contributed by atoms with van der Waals surface area (Å²) in [6.07, 6.45) is 8.65. The number of rotatable bonds is 55. The van der Waals surface area contributed by atoms with Crippen molar-refractivity contribution >= 4 is 25.7 Å². The molecule has 0 spiro atoms. The fraction of sp³-hybridized carbons (Fsp3) is 0.953. The predicted octanol–water partition coefficient (Wildman–Crippen LogP) is 5.85. The van der Waals surface area contributed by atoms with Crippen LogP contribution in [0.15, 0.2) is 0 Å². The Labute approximate surface area is 540 Å². The molecule has 0 aromatic rings. The van der Waals surface area contributed by atoms with Crippen LogP contribution in [0.4, 0.5) is 0 Å². The van der Waals surface area contributed by atoms with Gasteiger partial charge in [0.05, 0.1) is 33.0 Å². The topological polar surface area (TPSA) is 395 Å². The van der Waals surface area contributed by atoms with Gasteiger partial charge in [0.25, 0.3) is 0 Å². The van der Waals surface area contributed by atoms with Crippen LogP contribution in [0.1, 0.15) is 239 Å². The summed E-state index contributed by atoms with van der Waals surface area (Å²) in [5.74, 6) is -1.28. The number of phosphoric ester groups is 1. The molecule has 27 heteroatoms. The Morgan fingerprint density at radius 1 is 0.440 bits per heavy atom. The molecule has 0 aromatic carbocycles. The number of esters is 2. The van der Waals surface area contributed by atoms with Gasteiger partial charge in [0.15, 0.2) is 25.0 Å². The van der Waals surface area contributed by atoms with Crippen molar-refractivity contribution in [2.24, 2.45) is 0 Å². The number of aliphatic hydroxyl groups excluding tert-OH is 10. The van der Waals surface area contributed by atoms with E-state index < -0.39 is 144 Å². The molecule has 12 N–H and O–H groups in total. The number of phosphoric acid groups is 1. The summed E-state index contributed by atoms with van der Waals surface area (Å²) in [5, 5.41) is 107. The van der Waals surface area contributed by atoms with E-state index in [4.69, 9.17) is 46.9 Å². The van der Waals surface area contributed by atoms with Crippen LogP contribution in [0.3, 0.4) is 0 Å². The highest BCUT2D eigenvalue weighted by Gasteiger charge is 2.52. The zero-order valence-electron chi connectivity index (χ0n) is 54.7. The van der Waals surface area contributed by atoms with Gasteiger partial charge in [-0.2, -0.15) is 0 Å². The van der Waals surface area contributed by atoms with Gasteiger partial charge in [0.2, 0.25) is 5.91 Å². The Hall–Kier alpha value is -2.12. The summed E-state index contributed by atoms with van der Waals surface area (Å²) in [6, 6.07) is 0. The number of carbonyl (C=O) groups excluding carboxylic acids is 3. The van der Waals surface area contributed by atoms with Crippen LogP contribution in [-0.4, -0.2) is 225 Å². The number of unbranched alkanes of at least 4 members (excludes halogenated alkanes) is 29. The van der Waals surface area contributed by atoms with Crippen LogP contribution in [0.2, 0.25) is 0 Å². The van der Waals surface area contributed by atoms with Crippen LogP contribution in [0.5, 0.6) is 0 Å². The van der Waals surface area contributed by atoms with Gasteiger partial charge in [0, 0.05) is 32.4 Å². The summed E-state index contributed by atoms with van der Waals surface area (Å²) in [4.78, 5) is 48.7. The van der Waals surface area contributed by atoms with E-state index in [0.29, 0.717) is 38.5 Å². The average molecular weight is 1330 g/mol. The Balaban J connectivity index is 1.36. The van der Waals surface area contributed by atoms with E-state index >= 15 is 0 Å². The summed E-state index contributed by atoms with van der Waals surface area (Å²) in [5.41, 5.74) is 0. The number of ether oxygens (including phenoxy) is 8. The summed E-state index contributed by atoms with van der Waals surface area (Å²) in [6.45, 7) is 1.02. The van der Waals surface area contributed by atoms with Crippen LogP contribution in [-0.2, 0) is 65.9 Å². The maximum Gasteiger partial charge on any atom is 0.472 e. The Morgan fingerprint density at radius 3 is 1.35 bits per heavy atom. The van der Waals surface area contributed by atoms with Crippen molar-refractivity contribution in [3.63, 3.8) is 0 Å². The lowest BCUT2D eigenvalue weighted by Gasteiger charge is -2.46. The van der Waals surface area contributed by atoms with Crippen molar-refractivity contribution in [2.75, 3.05) is 52.8 Å². The molecular weight excluding hydrogens is 1210 g/mol. The molecule has 1 unspecified atom stereocenters. The number of amides is 1. The second-order valence-corrected chi connectivity index (χ2v) is 26.3. The fourth-order valence-corrected chi connectivity index (χ4v) is 12.0. The number of hydrogen-bond donors (Lipinski definition) is 12. The summed E-state index contributed by atoms with van der Waals surface area (Å²) < 4.78 is 68.1. The molecule has 3 fully saturated rings. The molecule has 91 heavy (non-hydrogen) atoms. The van der Waals surface area contributed by atoms with Crippen molar-refractivity contribution in [3.05, 3.63) is 0 Å². The molecule has 3 rings (SSSR count). The lowest BCUT2D eigenvalue weighted by Crippen LogP contribution is -2.65. The van der Waals surface area contributed by atoms with Crippen molar-refractivity contribution in [3.8, 4) is 0 Å². The molecule has 3 aliphatic rings. The quantitative estimate of drug-likeness (QED) is 0.0193. The van der Waals surface area contributed by atoms with E-state index in [0.717, 1.165) is 51.4 Å². The highest BCUT2D eigenvalue weighted by atomic mass is 31.2. The van der Waals surface area contributed by atoms with Crippen molar-refractivity contribution in [2.45, 2.75) is 337 Å². The molecule has 0 bridgehead atoms. The lowest BCUT2D eigenvalue weighted by atomic mass is 9.96. The lowest BCUT2D eigenvalue weighted by molar-refractivity contribution is -0.366. The van der Waals surface area contributed by atoms with E-state index in [1.54, 1.807) is 0 Å². The van der Waals surface area contributed by atoms with Gasteiger partial charge < -0.3 is 99.2 Å². The molecule has 0 saturated carbocycles. The van der Waals surface area contributed by atoms with Gasteiger partial charge >= 0.3 is 19.8 Å². The maximum atomic E-state index is 12.9. The first-order valence-corrected chi connectivity index (χ1v) is 36.1. The molecule has 0 radical (unpaired) electrons. The van der Waals surface area contributed by atoms with Crippen molar-refractivity contribution < 1.29 is 122 Å². The van der Waals surface area contributed by atoms with Gasteiger partial charge in [-0.3, -0.25) is 23.4 Å². The first-order chi connectivity index (χ1) is 43.9. The third kappa shape index (κ3) is 35.1. The Bertz CT molecular complexity index is 1900. The molecular formula is C64H120NO25P. The molecule has 0 aliphatic carbocycles. The second-order valence-electron chi connectivity index (χ2n) is 24.8. The minimum Gasteiger partial charge on any atom is -0.462 e. The van der Waals surface area contributed by atoms with Gasteiger partial charge in [-0.15, -0.1) is 0 Å². The van der Waals surface area contributed by atoms with Crippen LogP contribution >= 0.6 is 7.82 Å². The summed E-state index contributed by atoms with van der Waals surface area (Å²) in [7, 11) is -4.68. The number of aliphatic hydroxyl groups is 10. The van der Waals surface area contributed by atoms with E-state index in [-0.39, 0.29) is 51.5 Å². The van der Waals surface area contributed by atoms with Crippen LogP contribution in [0, 0.1) is 0 Å². The highest BCUT2D eigenvalue weighted by molar-refractivity contribution is 7.47. The zero-order chi connectivity index (χ0) is 66.7. The number of nitrogens with one attached hydrogen (secondary N) is 1. The molecule has 26 nitrogen and oxygen atoms in total. The minimum atomic E-state index is -4.68. The van der Waals surface area contributed by atoms with E-state index in [1.165, 1.54) is 116 Å². The number of carbonyl (C=O) groups is 3. The zero-order valence-corrected chi connectivity index (χ0v) is 55.6. The Morgan fingerprint density at radius 2 is 0.857 bits per heavy atom. The predicted molar refractivity (Wildman–Crippen MR) is 334 cm³/mol. The molecule has 3 aliphatic heterocycles. The first kappa shape index (κ1) is 83.1. The highest BCUT2D eigenvalue weighted by Crippen LogP contribution is 2.43. The normalized spacial score (nSPS) is 27.9. The third-order valence-electron chi connectivity index (χ3n) is 16.9. The van der Waals surface area contributed by atoms with E-state index in [2.05, 4.69) is 19.2 Å². The van der Waals surface area contributed by atoms with Crippen molar-refractivity contribution in [1.29, 1.82) is 0 Å². The molecule has 0 aromatic heterocycles. The molecule has 17 atom stereocenters. The van der Waals surface area contributed by atoms with Crippen LogP contribution in [0.25, 0.3) is 0 Å². The Kier molecular flexibility index (Phi) is 45.9. The molecule has 1 amide bonds. The monoisotopic (exact) mass is 1330 g/mol. The fourth-order valence-electron chi connectivity index (χ4n) is 11.2. The van der Waals surface area contributed by atoms with Crippen LogP contribution < -0.4 is 5.32 Å². The largest absolute Gasteiger partial charge is 0.472 e. The molecule has 536 valence electrons. The first-order valence-electron chi connectivity index (χ1n) is 34.6. The van der Waals surface area contributed by atoms with Gasteiger partial charge in [0.1, 0.15) is 79.9 Å². The third-order valence-corrected chi connectivity index (χ3v) is 17.9. The standard InChI is InChI=1S/C64H120NO25P/c1-3-5-7-9-11-13-15-17-19-21-23-28-32-36-51(69)82-43-46(86-52(70)37-33-29-24-22-20-18-16-14-12-10-8-6-4-2)44-85-91(79,80)84-40-38-65-50(68)35-31-27-25-26-30-34-39-81-63-60(78)61(90-64-59(77)57(75)54(72)48(42-67)88-64)55(73)49(89-63)45-83-62-58(76)56(74)53(71)47(41-66)87-62/h46-49,53-64,66-67,71-78H,3-45H2,1-2H3,(H,65,68)(H,79,80)/t46-,47-,48-,49-,53-,54-,55-,56+,57+,58+,59+,60+,61+,62+,63+,64-/m1/s1.